The minimum atomic E-state index is -0.389. The normalized spacial score (nSPS) is 19.9. The lowest BCUT2D eigenvalue weighted by Gasteiger charge is -2.34. The van der Waals surface area contributed by atoms with Crippen LogP contribution >= 0.6 is 31.9 Å². The molecule has 0 spiro atoms. The van der Waals surface area contributed by atoms with Crippen molar-refractivity contribution < 1.29 is 9.84 Å². The van der Waals surface area contributed by atoms with Gasteiger partial charge in [-0.2, -0.15) is 0 Å². The van der Waals surface area contributed by atoms with Crippen molar-refractivity contribution in [2.24, 2.45) is 11.8 Å². The van der Waals surface area contributed by atoms with E-state index in [0.717, 1.165) is 56.0 Å². The Morgan fingerprint density at radius 2 is 1.29 bits per heavy atom. The molecule has 2 aliphatic carbocycles. The van der Waals surface area contributed by atoms with Crippen LogP contribution in [0.5, 0.6) is 0 Å². The molecular formula is C42H54Br2N8O4. The number of nitrogens with one attached hydrogen (secondary N) is 1. The second-order valence-corrected chi connectivity index (χ2v) is 17.3. The second-order valence-electron chi connectivity index (χ2n) is 15.7. The average Bonchev–Trinajstić information content (AvgIpc) is 4.07. The highest BCUT2D eigenvalue weighted by Crippen LogP contribution is 2.32. The minimum absolute atomic E-state index is 0.0426. The molecule has 12 nitrogen and oxygen atoms in total. The number of epoxide rings is 1. The zero-order valence-corrected chi connectivity index (χ0v) is 35.3. The summed E-state index contributed by atoms with van der Waals surface area (Å²) in [4.78, 5) is 44.6. The van der Waals surface area contributed by atoms with Crippen molar-refractivity contribution in [1.29, 1.82) is 0 Å². The number of aromatic nitrogens is 6. The third-order valence-corrected chi connectivity index (χ3v) is 13.0. The summed E-state index contributed by atoms with van der Waals surface area (Å²) in [5.74, 6) is 2.94. The monoisotopic (exact) mass is 892 g/mol. The van der Waals surface area contributed by atoms with E-state index in [0.29, 0.717) is 63.9 Å². The van der Waals surface area contributed by atoms with E-state index in [2.05, 4.69) is 57.0 Å². The Bertz CT molecular complexity index is 2000. The van der Waals surface area contributed by atoms with E-state index in [4.69, 9.17) is 9.72 Å². The predicted octanol–water partition coefficient (Wildman–Crippen LogP) is 7.85. The Hall–Kier alpha value is -3.46. The number of nitrogens with zero attached hydrogens (tertiary/aromatic N) is 7. The van der Waals surface area contributed by atoms with Gasteiger partial charge in [-0.1, -0.05) is 64.2 Å². The summed E-state index contributed by atoms with van der Waals surface area (Å²) in [5, 5.41) is 13.9. The molecule has 300 valence electrons. The molecule has 1 saturated heterocycles. The number of fused-ring (bicyclic) bond motifs is 2. The third kappa shape index (κ3) is 10.5. The van der Waals surface area contributed by atoms with Crippen molar-refractivity contribution in [2.45, 2.75) is 115 Å². The Kier molecular flexibility index (Phi) is 14.4. The Balaban J connectivity index is 0.000000145. The number of hydrogen-bond donors (Lipinski definition) is 2. The van der Waals surface area contributed by atoms with Gasteiger partial charge in [0.2, 0.25) is 11.9 Å². The van der Waals surface area contributed by atoms with Gasteiger partial charge in [0.05, 0.1) is 30.2 Å². The van der Waals surface area contributed by atoms with Crippen LogP contribution in [0.4, 0.5) is 11.9 Å². The Labute approximate surface area is 345 Å². The van der Waals surface area contributed by atoms with Crippen LogP contribution in [0.25, 0.3) is 22.5 Å². The molecular weight excluding hydrogens is 840 g/mol. The number of ether oxygens (including phenoxy) is 1. The molecule has 56 heavy (non-hydrogen) atoms. The standard InChI is InChI=1S/C21H27BrN4O2.C12H11BrN4O.C9H16O/c22-18-19(16-7-9-23-10-8-16)24-21-25(11-4-12-26(21)20(18)28)14-17(27)13-15-5-2-1-3-6-15;13-9-10(8-2-5-14-6-3-8)16-12-15-4-1-7-17(12)11(9)18;1-2-4-8(5-3-1)6-9-7-10-9/h7-10,15,17,27H,1-6,11-14H2;2-3,5-6H,1,4,7H2,(H,15,16);8-9H,1-7H2. The van der Waals surface area contributed by atoms with Crippen LogP contribution in [0, 0.1) is 11.8 Å². The van der Waals surface area contributed by atoms with Gasteiger partial charge in [0, 0.05) is 68.6 Å². The third-order valence-electron chi connectivity index (χ3n) is 11.5. The van der Waals surface area contributed by atoms with E-state index in [9.17, 15) is 14.7 Å². The first-order valence-corrected chi connectivity index (χ1v) is 22.1. The van der Waals surface area contributed by atoms with Crippen LogP contribution < -0.4 is 21.3 Å². The lowest BCUT2D eigenvalue weighted by Crippen LogP contribution is -2.43. The fourth-order valence-electron chi connectivity index (χ4n) is 8.50. The van der Waals surface area contributed by atoms with Gasteiger partial charge >= 0.3 is 0 Å². The molecule has 3 fully saturated rings. The van der Waals surface area contributed by atoms with Crippen molar-refractivity contribution in [3.8, 4) is 22.5 Å². The van der Waals surface area contributed by atoms with Gasteiger partial charge in [-0.15, -0.1) is 0 Å². The number of anilines is 2. The first-order valence-electron chi connectivity index (χ1n) is 20.6. The summed E-state index contributed by atoms with van der Waals surface area (Å²) in [6, 6.07) is 7.39. The molecule has 2 atom stereocenters. The van der Waals surface area contributed by atoms with Crippen LogP contribution in [0.2, 0.25) is 0 Å². The highest BCUT2D eigenvalue weighted by Gasteiger charge is 2.28. The lowest BCUT2D eigenvalue weighted by molar-refractivity contribution is 0.133. The number of halogens is 2. The van der Waals surface area contributed by atoms with E-state index in [1.54, 1.807) is 33.9 Å². The maximum Gasteiger partial charge on any atom is 0.269 e. The van der Waals surface area contributed by atoms with E-state index >= 15 is 0 Å². The fourth-order valence-corrected chi connectivity index (χ4v) is 9.57. The molecule has 0 bridgehead atoms. The summed E-state index contributed by atoms with van der Waals surface area (Å²) >= 11 is 6.80. The van der Waals surface area contributed by atoms with Crippen LogP contribution in [0.1, 0.15) is 89.9 Å². The van der Waals surface area contributed by atoms with Gasteiger partial charge in [-0.05, 0) is 93.6 Å². The van der Waals surface area contributed by atoms with Crippen molar-refractivity contribution in [3.05, 3.63) is 78.7 Å². The van der Waals surface area contributed by atoms with Crippen LogP contribution in [0.15, 0.2) is 67.6 Å². The topological polar surface area (TPSA) is 144 Å². The second kappa shape index (κ2) is 19.8. The molecule has 0 amide bonds. The Morgan fingerprint density at radius 1 is 0.732 bits per heavy atom. The number of aliphatic hydroxyl groups excluding tert-OH is 1. The highest BCUT2D eigenvalue weighted by molar-refractivity contribution is 9.11. The summed E-state index contributed by atoms with van der Waals surface area (Å²) in [6.45, 7) is 4.61. The molecule has 0 radical (unpaired) electrons. The lowest BCUT2D eigenvalue weighted by atomic mass is 9.85. The molecule has 4 aromatic heterocycles. The van der Waals surface area contributed by atoms with Crippen molar-refractivity contribution in [1.82, 2.24) is 29.1 Å². The van der Waals surface area contributed by atoms with Gasteiger partial charge in [0.1, 0.15) is 8.95 Å². The average molecular weight is 895 g/mol. The summed E-state index contributed by atoms with van der Waals surface area (Å²) in [5.41, 5.74) is 2.91. The number of aliphatic hydroxyl groups is 1. The number of rotatable bonds is 8. The minimum Gasteiger partial charge on any atom is -0.391 e. The van der Waals surface area contributed by atoms with Crippen LogP contribution in [0.3, 0.4) is 0 Å². The number of pyridine rings is 2. The summed E-state index contributed by atoms with van der Waals surface area (Å²) in [6.07, 6.45) is 24.8. The zero-order chi connectivity index (χ0) is 38.9. The van der Waals surface area contributed by atoms with E-state index in [1.165, 1.54) is 70.6 Å². The van der Waals surface area contributed by atoms with Gasteiger partial charge in [-0.25, -0.2) is 9.97 Å². The van der Waals surface area contributed by atoms with Gasteiger partial charge in [-0.3, -0.25) is 28.7 Å². The molecule has 7 heterocycles. The first-order chi connectivity index (χ1) is 27.4. The van der Waals surface area contributed by atoms with E-state index in [1.807, 2.05) is 24.3 Å². The molecule has 2 N–H and O–H groups in total. The fraction of sp³-hybridized carbons (Fsp3) is 0.571. The number of hydrogen-bond acceptors (Lipinski definition) is 10. The number of β-amino-alcohol motifs (C(OH)–C–C–N with tert-alkyl or cyclic N) is 1. The highest BCUT2D eigenvalue weighted by atomic mass is 79.9. The van der Waals surface area contributed by atoms with Gasteiger partial charge in [0.25, 0.3) is 11.1 Å². The van der Waals surface area contributed by atoms with Crippen molar-refractivity contribution in [2.75, 3.05) is 36.5 Å². The maximum absolute atomic E-state index is 12.9. The van der Waals surface area contributed by atoms with Gasteiger partial charge in [0.15, 0.2) is 0 Å². The van der Waals surface area contributed by atoms with Crippen molar-refractivity contribution in [3.63, 3.8) is 0 Å². The van der Waals surface area contributed by atoms with Crippen LogP contribution in [-0.4, -0.2) is 72.6 Å². The van der Waals surface area contributed by atoms with Crippen LogP contribution in [-0.2, 0) is 17.8 Å². The molecule has 2 saturated carbocycles. The first kappa shape index (κ1) is 40.7. The molecule has 9 rings (SSSR count). The molecule has 5 aliphatic rings. The van der Waals surface area contributed by atoms with E-state index < -0.39 is 0 Å². The molecule has 4 aromatic rings. The zero-order valence-electron chi connectivity index (χ0n) is 32.1. The van der Waals surface area contributed by atoms with Crippen molar-refractivity contribution >= 4 is 43.8 Å². The largest absolute Gasteiger partial charge is 0.391 e. The molecule has 3 aliphatic heterocycles. The predicted molar refractivity (Wildman–Crippen MR) is 227 cm³/mol. The summed E-state index contributed by atoms with van der Waals surface area (Å²) in [7, 11) is 0. The maximum atomic E-state index is 12.9. The van der Waals surface area contributed by atoms with E-state index in [-0.39, 0.29) is 17.2 Å². The molecule has 2 unspecified atom stereocenters. The smallest absolute Gasteiger partial charge is 0.269 e. The summed E-state index contributed by atoms with van der Waals surface area (Å²) < 4.78 is 9.58. The molecule has 0 aromatic carbocycles. The Morgan fingerprint density at radius 3 is 1.89 bits per heavy atom. The van der Waals surface area contributed by atoms with Gasteiger partial charge < -0.3 is 20.1 Å². The quantitative estimate of drug-likeness (QED) is 0.168. The molecule has 14 heteroatoms. The SMILES string of the molecule is C1CCC(CC2CO2)CC1.O=c1c(Br)c(-c2ccncc2)nc2n1CCCN2.O=c1c(Br)c(-c2ccncc2)nc2n1CCCN2CC(O)CC1CCCCC1.